The van der Waals surface area contributed by atoms with Gasteiger partial charge in [0, 0.05) is 24.8 Å². The highest BCUT2D eigenvalue weighted by molar-refractivity contribution is 5.53. The minimum atomic E-state index is 0.195. The van der Waals surface area contributed by atoms with Crippen LogP contribution in [0.3, 0.4) is 0 Å². The molecule has 0 saturated carbocycles. The fourth-order valence-electron chi connectivity index (χ4n) is 2.33. The molecular formula is C13H19N3O. The summed E-state index contributed by atoms with van der Waals surface area (Å²) in [6.45, 7) is 3.90. The number of amides is 1. The third-order valence-electron chi connectivity index (χ3n) is 3.17. The average Bonchev–Trinajstić information content (AvgIpc) is 2.84. The van der Waals surface area contributed by atoms with Crippen molar-refractivity contribution in [1.29, 1.82) is 0 Å². The number of carbonyl (C=O) groups is 1. The molecule has 92 valence electrons. The number of nitrogens with one attached hydrogen (secondary N) is 1. The van der Waals surface area contributed by atoms with Crippen LogP contribution in [-0.2, 0) is 4.79 Å². The van der Waals surface area contributed by atoms with E-state index in [1.165, 1.54) is 0 Å². The molecule has 0 radical (unpaired) electrons. The molecule has 2 rings (SSSR count). The van der Waals surface area contributed by atoms with E-state index in [0.717, 1.165) is 50.1 Å². The van der Waals surface area contributed by atoms with Crippen LogP contribution >= 0.6 is 0 Å². The van der Waals surface area contributed by atoms with Gasteiger partial charge in [0.15, 0.2) is 0 Å². The molecule has 17 heavy (non-hydrogen) atoms. The number of aromatic nitrogens is 1. The van der Waals surface area contributed by atoms with Gasteiger partial charge in [-0.05, 0) is 25.3 Å². The molecule has 1 N–H and O–H groups in total. The standard InChI is InChI=1S/C13H19N3O/c1-2-7-14-13-11(5-3-8-15-13)12-6-4-9-16(12)10-17/h3,5,8,10,12H,2,4,6-7,9H2,1H3,(H,14,15)/t12-/m0/s1. The number of nitrogens with zero attached hydrogens (tertiary/aromatic N) is 2. The molecule has 0 bridgehead atoms. The number of hydrogen-bond acceptors (Lipinski definition) is 3. The highest BCUT2D eigenvalue weighted by Crippen LogP contribution is 2.33. The Kier molecular flexibility index (Phi) is 3.96. The van der Waals surface area contributed by atoms with Crippen LogP contribution in [0.25, 0.3) is 0 Å². The summed E-state index contributed by atoms with van der Waals surface area (Å²) < 4.78 is 0. The van der Waals surface area contributed by atoms with Crippen molar-refractivity contribution in [2.45, 2.75) is 32.2 Å². The van der Waals surface area contributed by atoms with Crippen molar-refractivity contribution < 1.29 is 4.79 Å². The van der Waals surface area contributed by atoms with Crippen molar-refractivity contribution in [3.63, 3.8) is 0 Å². The van der Waals surface area contributed by atoms with E-state index in [9.17, 15) is 4.79 Å². The van der Waals surface area contributed by atoms with E-state index in [-0.39, 0.29) is 6.04 Å². The first-order valence-corrected chi connectivity index (χ1v) is 6.26. The van der Waals surface area contributed by atoms with Crippen LogP contribution in [0.1, 0.15) is 37.8 Å². The number of carbonyl (C=O) groups excluding carboxylic acids is 1. The number of hydrogen-bond donors (Lipinski definition) is 1. The van der Waals surface area contributed by atoms with Gasteiger partial charge in [0.1, 0.15) is 5.82 Å². The van der Waals surface area contributed by atoms with E-state index in [1.807, 2.05) is 11.0 Å². The zero-order chi connectivity index (χ0) is 12.1. The Balaban J connectivity index is 2.21. The molecule has 0 unspecified atom stereocenters. The van der Waals surface area contributed by atoms with E-state index in [1.54, 1.807) is 6.20 Å². The van der Waals surface area contributed by atoms with Gasteiger partial charge in [-0.2, -0.15) is 0 Å². The maximum atomic E-state index is 11.0. The van der Waals surface area contributed by atoms with E-state index >= 15 is 0 Å². The molecule has 1 aliphatic rings. The molecule has 4 nitrogen and oxygen atoms in total. The number of likely N-dealkylation sites (tertiary alicyclic amines) is 1. The number of rotatable bonds is 5. The van der Waals surface area contributed by atoms with E-state index < -0.39 is 0 Å². The van der Waals surface area contributed by atoms with Crippen molar-refractivity contribution in [2.75, 3.05) is 18.4 Å². The molecule has 1 amide bonds. The Morgan fingerprint density at radius 1 is 1.65 bits per heavy atom. The summed E-state index contributed by atoms with van der Waals surface area (Å²) in [7, 11) is 0. The van der Waals surface area contributed by atoms with E-state index in [4.69, 9.17) is 0 Å². The summed E-state index contributed by atoms with van der Waals surface area (Å²) in [5, 5.41) is 3.33. The molecule has 0 spiro atoms. The van der Waals surface area contributed by atoms with Gasteiger partial charge in [0.2, 0.25) is 6.41 Å². The second-order valence-electron chi connectivity index (χ2n) is 4.37. The Bertz CT molecular complexity index is 381. The largest absolute Gasteiger partial charge is 0.370 e. The second kappa shape index (κ2) is 5.66. The van der Waals surface area contributed by atoms with Gasteiger partial charge in [0.25, 0.3) is 0 Å². The third kappa shape index (κ3) is 2.57. The molecule has 1 atom stereocenters. The van der Waals surface area contributed by atoms with Crippen LogP contribution in [0.4, 0.5) is 5.82 Å². The summed E-state index contributed by atoms with van der Waals surface area (Å²) in [6.07, 6.45) is 5.92. The average molecular weight is 233 g/mol. The Morgan fingerprint density at radius 2 is 2.53 bits per heavy atom. The summed E-state index contributed by atoms with van der Waals surface area (Å²) in [4.78, 5) is 17.2. The Hall–Kier alpha value is -1.58. The van der Waals surface area contributed by atoms with Crippen LogP contribution in [-0.4, -0.2) is 29.4 Å². The van der Waals surface area contributed by atoms with Crippen molar-refractivity contribution in [3.8, 4) is 0 Å². The lowest BCUT2D eigenvalue weighted by Crippen LogP contribution is -2.22. The summed E-state index contributed by atoms with van der Waals surface area (Å²) in [5.41, 5.74) is 1.14. The van der Waals surface area contributed by atoms with E-state index in [0.29, 0.717) is 0 Å². The lowest BCUT2D eigenvalue weighted by molar-refractivity contribution is -0.118. The van der Waals surface area contributed by atoms with Gasteiger partial charge < -0.3 is 10.2 Å². The molecule has 1 fully saturated rings. The molecule has 0 aliphatic carbocycles. The van der Waals surface area contributed by atoms with Gasteiger partial charge >= 0.3 is 0 Å². The Labute approximate surface area is 102 Å². The molecule has 1 aromatic heterocycles. The minimum Gasteiger partial charge on any atom is -0.370 e. The highest BCUT2D eigenvalue weighted by atomic mass is 16.1. The van der Waals surface area contributed by atoms with Gasteiger partial charge in [0.05, 0.1) is 6.04 Å². The zero-order valence-electron chi connectivity index (χ0n) is 10.2. The lowest BCUT2D eigenvalue weighted by Gasteiger charge is -2.22. The highest BCUT2D eigenvalue weighted by Gasteiger charge is 2.26. The number of pyridine rings is 1. The van der Waals surface area contributed by atoms with Gasteiger partial charge in [-0.15, -0.1) is 0 Å². The molecular weight excluding hydrogens is 214 g/mol. The summed E-state index contributed by atoms with van der Waals surface area (Å²) >= 11 is 0. The molecule has 2 heterocycles. The van der Waals surface area contributed by atoms with Gasteiger partial charge in [-0.3, -0.25) is 4.79 Å². The Morgan fingerprint density at radius 3 is 3.29 bits per heavy atom. The first kappa shape index (κ1) is 11.9. The number of anilines is 1. The van der Waals surface area contributed by atoms with Gasteiger partial charge in [-0.25, -0.2) is 4.98 Å². The predicted molar refractivity (Wildman–Crippen MR) is 67.8 cm³/mol. The van der Waals surface area contributed by atoms with Crippen LogP contribution in [0.15, 0.2) is 18.3 Å². The smallest absolute Gasteiger partial charge is 0.210 e. The van der Waals surface area contributed by atoms with Crippen LogP contribution in [0.2, 0.25) is 0 Å². The normalized spacial score (nSPS) is 19.4. The fourth-order valence-corrected chi connectivity index (χ4v) is 2.33. The van der Waals surface area contributed by atoms with Crippen LogP contribution < -0.4 is 5.32 Å². The fraction of sp³-hybridized carbons (Fsp3) is 0.538. The molecule has 1 saturated heterocycles. The zero-order valence-corrected chi connectivity index (χ0v) is 10.2. The van der Waals surface area contributed by atoms with Crippen molar-refractivity contribution in [2.24, 2.45) is 0 Å². The summed E-state index contributed by atoms with van der Waals surface area (Å²) in [6, 6.07) is 4.20. The lowest BCUT2D eigenvalue weighted by atomic mass is 10.1. The minimum absolute atomic E-state index is 0.195. The SMILES string of the molecule is CCCNc1ncccc1[C@@H]1CCCN1C=O. The summed E-state index contributed by atoms with van der Waals surface area (Å²) in [5.74, 6) is 0.924. The third-order valence-corrected chi connectivity index (χ3v) is 3.17. The van der Waals surface area contributed by atoms with Crippen LogP contribution in [0.5, 0.6) is 0 Å². The maximum absolute atomic E-state index is 11.0. The van der Waals surface area contributed by atoms with Crippen molar-refractivity contribution in [3.05, 3.63) is 23.9 Å². The molecule has 1 aliphatic heterocycles. The molecule has 4 heteroatoms. The maximum Gasteiger partial charge on any atom is 0.210 e. The second-order valence-corrected chi connectivity index (χ2v) is 4.37. The quantitative estimate of drug-likeness (QED) is 0.793. The first-order chi connectivity index (χ1) is 8.36. The topological polar surface area (TPSA) is 45.2 Å². The predicted octanol–water partition coefficient (Wildman–Crippen LogP) is 2.20. The first-order valence-electron chi connectivity index (χ1n) is 6.26. The van der Waals surface area contributed by atoms with Crippen LogP contribution in [0, 0.1) is 0 Å². The monoisotopic (exact) mass is 233 g/mol. The van der Waals surface area contributed by atoms with Crippen molar-refractivity contribution >= 4 is 12.2 Å². The molecule has 1 aromatic rings. The van der Waals surface area contributed by atoms with Crippen molar-refractivity contribution in [1.82, 2.24) is 9.88 Å². The van der Waals surface area contributed by atoms with E-state index in [2.05, 4.69) is 23.3 Å². The van der Waals surface area contributed by atoms with Gasteiger partial charge in [-0.1, -0.05) is 13.0 Å². The molecule has 0 aromatic carbocycles.